The quantitative estimate of drug-likeness (QED) is 0.0261. The van der Waals surface area contributed by atoms with Gasteiger partial charge < -0.3 is 14.2 Å². The molecule has 0 rings (SSSR count). The molecule has 1 atom stereocenters. The third kappa shape index (κ3) is 65.7. The predicted molar refractivity (Wildman–Crippen MR) is 348 cm³/mol. The fourth-order valence-corrected chi connectivity index (χ4v) is 10.2. The largest absolute Gasteiger partial charge is 0.462 e. The van der Waals surface area contributed by atoms with Crippen LogP contribution in [-0.2, 0) is 28.6 Å². The molecule has 6 heteroatoms. The van der Waals surface area contributed by atoms with Crippen LogP contribution in [0.4, 0.5) is 0 Å². The predicted octanol–water partition coefficient (Wildman–Crippen LogP) is 24.1. The van der Waals surface area contributed by atoms with E-state index in [0.717, 1.165) is 96.3 Å². The third-order valence-electron chi connectivity index (χ3n) is 15.4. The maximum atomic E-state index is 12.9. The summed E-state index contributed by atoms with van der Waals surface area (Å²) in [5, 5.41) is 0. The number of hydrogen-bond donors (Lipinski definition) is 0. The minimum Gasteiger partial charge on any atom is -0.462 e. The van der Waals surface area contributed by atoms with Crippen molar-refractivity contribution in [2.45, 2.75) is 367 Å². The highest BCUT2D eigenvalue weighted by Gasteiger charge is 2.19. The zero-order chi connectivity index (χ0) is 57.8. The minimum atomic E-state index is -0.777. The van der Waals surface area contributed by atoms with Gasteiger partial charge in [0.1, 0.15) is 13.2 Å². The molecular weight excluding hydrogens is 985 g/mol. The van der Waals surface area contributed by atoms with Gasteiger partial charge in [0.15, 0.2) is 6.10 Å². The van der Waals surface area contributed by atoms with Crippen LogP contribution in [0.2, 0.25) is 0 Å². The summed E-state index contributed by atoms with van der Waals surface area (Å²) in [5.41, 5.74) is 0. The number of esters is 3. The Morgan fingerprint density at radius 2 is 0.487 bits per heavy atom. The first-order valence-corrected chi connectivity index (χ1v) is 34.9. The second kappa shape index (κ2) is 68.3. The van der Waals surface area contributed by atoms with Gasteiger partial charge in [-0.2, -0.15) is 0 Å². The van der Waals surface area contributed by atoms with Gasteiger partial charge in [0.25, 0.3) is 0 Å². The molecule has 6 nitrogen and oxygen atoms in total. The van der Waals surface area contributed by atoms with Crippen molar-refractivity contribution in [2.24, 2.45) is 0 Å². The molecule has 0 aromatic heterocycles. The molecule has 1 unspecified atom stereocenters. The number of carbonyl (C=O) groups excluding carboxylic acids is 3. The van der Waals surface area contributed by atoms with Gasteiger partial charge in [-0.1, -0.05) is 325 Å². The van der Waals surface area contributed by atoms with Crippen molar-refractivity contribution in [2.75, 3.05) is 13.2 Å². The molecule has 0 heterocycles. The number of ether oxygens (including phenoxy) is 3. The maximum Gasteiger partial charge on any atom is 0.306 e. The van der Waals surface area contributed by atoms with E-state index in [0.29, 0.717) is 19.3 Å². The van der Waals surface area contributed by atoms with E-state index in [4.69, 9.17) is 14.2 Å². The summed E-state index contributed by atoms with van der Waals surface area (Å²) in [6, 6.07) is 0. The number of unbranched alkanes of at least 4 members (excludes halogenated alkanes) is 41. The van der Waals surface area contributed by atoms with Crippen LogP contribution >= 0.6 is 0 Å². The van der Waals surface area contributed by atoms with Crippen molar-refractivity contribution in [3.05, 3.63) is 72.9 Å². The fraction of sp³-hybridized carbons (Fsp3) is 0.797. The third-order valence-corrected chi connectivity index (χ3v) is 15.4. The highest BCUT2D eigenvalue weighted by atomic mass is 16.6. The van der Waals surface area contributed by atoms with E-state index in [9.17, 15) is 14.4 Å². The average Bonchev–Trinajstić information content (AvgIpc) is 3.46. The summed E-state index contributed by atoms with van der Waals surface area (Å²) in [7, 11) is 0. The SMILES string of the molecule is CC/C=C\C/C=C\C/C=C\C/C=C\C/C=C\CCCCCCCCCCCCCCCCCC(=O)OCC(COC(=O)CCCCCCCCCCCCCCCCC)OC(=O)CCCCCCC/C=C\CCCCCCCCC. The Balaban J connectivity index is 4.21. The lowest BCUT2D eigenvalue weighted by molar-refractivity contribution is -0.167. The topological polar surface area (TPSA) is 78.9 Å². The van der Waals surface area contributed by atoms with Crippen LogP contribution in [0.5, 0.6) is 0 Å². The smallest absolute Gasteiger partial charge is 0.306 e. The van der Waals surface area contributed by atoms with Crippen molar-refractivity contribution in [1.82, 2.24) is 0 Å². The van der Waals surface area contributed by atoms with Crippen molar-refractivity contribution < 1.29 is 28.6 Å². The Morgan fingerprint density at radius 1 is 0.263 bits per heavy atom. The summed E-state index contributed by atoms with van der Waals surface area (Å²) in [4.78, 5) is 38.4. The van der Waals surface area contributed by atoms with E-state index in [1.165, 1.54) is 225 Å². The van der Waals surface area contributed by atoms with Gasteiger partial charge in [0.05, 0.1) is 0 Å². The molecular formula is C74H132O6. The average molecular weight is 1120 g/mol. The Morgan fingerprint density at radius 3 is 0.775 bits per heavy atom. The molecule has 0 fully saturated rings. The summed E-state index contributed by atoms with van der Waals surface area (Å²) in [5.74, 6) is -0.859. The molecule has 0 N–H and O–H groups in total. The lowest BCUT2D eigenvalue weighted by Crippen LogP contribution is -2.30. The van der Waals surface area contributed by atoms with Crippen molar-refractivity contribution in [1.29, 1.82) is 0 Å². The van der Waals surface area contributed by atoms with Crippen LogP contribution in [-0.4, -0.2) is 37.2 Å². The van der Waals surface area contributed by atoms with Crippen molar-refractivity contribution in [3.63, 3.8) is 0 Å². The van der Waals surface area contributed by atoms with Crippen molar-refractivity contribution >= 4 is 17.9 Å². The van der Waals surface area contributed by atoms with Gasteiger partial charge in [-0.05, 0) is 89.9 Å². The fourth-order valence-electron chi connectivity index (χ4n) is 10.2. The molecule has 0 aromatic rings. The molecule has 0 radical (unpaired) electrons. The van der Waals surface area contributed by atoms with Crippen molar-refractivity contribution in [3.8, 4) is 0 Å². The number of allylic oxidation sites excluding steroid dienone is 12. The van der Waals surface area contributed by atoms with E-state index in [1.54, 1.807) is 0 Å². The standard InChI is InChI=1S/C74H132O6/c1-4-7-10-13-16-19-22-25-28-30-31-32-33-34-35-36-37-38-39-40-41-42-43-44-47-49-52-55-58-61-64-67-73(76)79-70-71(69-78-72(75)66-63-60-57-54-51-48-45-27-24-21-18-15-12-9-6-3)80-74(77)68-65-62-59-56-53-50-46-29-26-23-20-17-14-11-8-5-2/h7,10,16,19,25,28-29,31-32,34-35,46,71H,4-6,8-9,11-15,17-18,20-24,26-27,30,33,36-45,47-70H2,1-3H3/b10-7-,19-16-,28-25-,32-31-,35-34-,46-29-. The summed E-state index contributed by atoms with van der Waals surface area (Å²) >= 11 is 0. The zero-order valence-electron chi connectivity index (χ0n) is 53.3. The van der Waals surface area contributed by atoms with E-state index >= 15 is 0 Å². The van der Waals surface area contributed by atoms with Gasteiger partial charge in [-0.3, -0.25) is 14.4 Å². The van der Waals surface area contributed by atoms with Gasteiger partial charge in [-0.25, -0.2) is 0 Å². The molecule has 0 amide bonds. The minimum absolute atomic E-state index is 0.0729. The molecule has 0 saturated heterocycles. The van der Waals surface area contributed by atoms with Crippen LogP contribution < -0.4 is 0 Å². The maximum absolute atomic E-state index is 12.9. The van der Waals surface area contributed by atoms with Gasteiger partial charge in [-0.15, -0.1) is 0 Å². The molecule has 0 aliphatic heterocycles. The second-order valence-corrected chi connectivity index (χ2v) is 23.4. The zero-order valence-corrected chi connectivity index (χ0v) is 53.3. The molecule has 0 aliphatic carbocycles. The van der Waals surface area contributed by atoms with Gasteiger partial charge in [0, 0.05) is 19.3 Å². The monoisotopic (exact) mass is 1120 g/mol. The lowest BCUT2D eigenvalue weighted by Gasteiger charge is -2.18. The molecule has 80 heavy (non-hydrogen) atoms. The Labute approximate surface area is 497 Å². The second-order valence-electron chi connectivity index (χ2n) is 23.4. The number of rotatable bonds is 64. The molecule has 0 spiro atoms. The lowest BCUT2D eigenvalue weighted by atomic mass is 10.0. The Bertz CT molecular complexity index is 1470. The highest BCUT2D eigenvalue weighted by molar-refractivity contribution is 5.71. The summed E-state index contributed by atoms with van der Waals surface area (Å²) < 4.78 is 17.0. The first-order chi connectivity index (χ1) is 39.5. The Kier molecular flexibility index (Phi) is 65.7. The highest BCUT2D eigenvalue weighted by Crippen LogP contribution is 2.18. The van der Waals surface area contributed by atoms with Gasteiger partial charge in [0.2, 0.25) is 0 Å². The molecule has 464 valence electrons. The van der Waals surface area contributed by atoms with Gasteiger partial charge >= 0.3 is 17.9 Å². The molecule has 0 saturated carbocycles. The summed E-state index contributed by atoms with van der Waals surface area (Å²) in [6.07, 6.45) is 89.3. The number of hydrogen-bond acceptors (Lipinski definition) is 6. The van der Waals surface area contributed by atoms with Crippen LogP contribution in [0.3, 0.4) is 0 Å². The van der Waals surface area contributed by atoms with E-state index in [1.807, 2.05) is 0 Å². The first-order valence-electron chi connectivity index (χ1n) is 34.9. The molecule has 0 aliphatic rings. The van der Waals surface area contributed by atoms with Crippen LogP contribution in [0.15, 0.2) is 72.9 Å². The molecule has 0 aromatic carbocycles. The van der Waals surface area contributed by atoms with E-state index in [-0.39, 0.29) is 31.1 Å². The Hall–Kier alpha value is -3.15. The number of carbonyl (C=O) groups is 3. The van der Waals surface area contributed by atoms with E-state index < -0.39 is 6.10 Å². The summed E-state index contributed by atoms with van der Waals surface area (Å²) in [6.45, 7) is 6.57. The normalized spacial score (nSPS) is 12.5. The first kappa shape index (κ1) is 76.9. The van der Waals surface area contributed by atoms with Crippen LogP contribution in [0.1, 0.15) is 361 Å². The molecule has 0 bridgehead atoms. The van der Waals surface area contributed by atoms with Crippen LogP contribution in [0, 0.1) is 0 Å². The van der Waals surface area contributed by atoms with E-state index in [2.05, 4.69) is 93.7 Å². The van der Waals surface area contributed by atoms with Crippen LogP contribution in [0.25, 0.3) is 0 Å².